The van der Waals surface area contributed by atoms with Gasteiger partial charge < -0.3 is 15.4 Å². The first-order valence-electron chi connectivity index (χ1n) is 8.41. The third-order valence-electron chi connectivity index (χ3n) is 3.74. The zero-order valence-electron chi connectivity index (χ0n) is 15.5. The summed E-state index contributed by atoms with van der Waals surface area (Å²) in [6.07, 6.45) is 0.491. The van der Waals surface area contributed by atoms with Gasteiger partial charge in [0.1, 0.15) is 0 Å². The van der Waals surface area contributed by atoms with Crippen LogP contribution in [0.4, 0.5) is 11.4 Å². The van der Waals surface area contributed by atoms with Crippen LogP contribution in [0.1, 0.15) is 30.2 Å². The second kappa shape index (κ2) is 7.82. The van der Waals surface area contributed by atoms with Gasteiger partial charge in [-0.05, 0) is 44.2 Å². The second-order valence-corrected chi connectivity index (χ2v) is 6.03. The summed E-state index contributed by atoms with van der Waals surface area (Å²) in [4.78, 5) is 43.5. The molecule has 0 saturated heterocycles. The van der Waals surface area contributed by atoms with Crippen molar-refractivity contribution in [3.8, 4) is 0 Å². The SMILES string of the molecule is CC(=O)Nc1ccc(NC(=O)[C@H](C)OC(=O)c2nc3nccc(C)n3n2)cc1. The van der Waals surface area contributed by atoms with Gasteiger partial charge >= 0.3 is 5.97 Å². The minimum absolute atomic E-state index is 0.180. The average molecular weight is 382 g/mol. The van der Waals surface area contributed by atoms with Crippen molar-refractivity contribution in [2.24, 2.45) is 0 Å². The highest BCUT2D eigenvalue weighted by atomic mass is 16.5. The van der Waals surface area contributed by atoms with Crippen LogP contribution in [0.25, 0.3) is 5.78 Å². The van der Waals surface area contributed by atoms with Crippen molar-refractivity contribution in [1.82, 2.24) is 19.6 Å². The number of hydrogen-bond acceptors (Lipinski definition) is 7. The lowest BCUT2D eigenvalue weighted by molar-refractivity contribution is -0.123. The number of nitrogens with one attached hydrogen (secondary N) is 2. The average Bonchev–Trinajstić information content (AvgIpc) is 3.09. The summed E-state index contributed by atoms with van der Waals surface area (Å²) >= 11 is 0. The molecule has 3 aromatic rings. The largest absolute Gasteiger partial charge is 0.447 e. The van der Waals surface area contributed by atoms with E-state index < -0.39 is 18.0 Å². The zero-order chi connectivity index (χ0) is 20.3. The van der Waals surface area contributed by atoms with Crippen LogP contribution >= 0.6 is 0 Å². The van der Waals surface area contributed by atoms with Crippen LogP contribution in [0.2, 0.25) is 0 Å². The number of benzene rings is 1. The highest BCUT2D eigenvalue weighted by Gasteiger charge is 2.22. The molecule has 0 bridgehead atoms. The van der Waals surface area contributed by atoms with Crippen LogP contribution < -0.4 is 10.6 Å². The highest BCUT2D eigenvalue weighted by molar-refractivity contribution is 5.97. The Morgan fingerprint density at radius 1 is 1.07 bits per heavy atom. The highest BCUT2D eigenvalue weighted by Crippen LogP contribution is 2.14. The molecule has 2 amide bonds. The van der Waals surface area contributed by atoms with E-state index in [0.29, 0.717) is 11.4 Å². The smallest absolute Gasteiger partial charge is 0.379 e. The van der Waals surface area contributed by atoms with Gasteiger partial charge in [-0.3, -0.25) is 9.59 Å². The van der Waals surface area contributed by atoms with Crippen molar-refractivity contribution >= 4 is 34.9 Å². The molecule has 2 heterocycles. The molecule has 0 aliphatic heterocycles. The fourth-order valence-corrected chi connectivity index (χ4v) is 2.34. The summed E-state index contributed by atoms with van der Waals surface area (Å²) in [5, 5.41) is 9.30. The van der Waals surface area contributed by atoms with Gasteiger partial charge in [0.2, 0.25) is 5.91 Å². The number of esters is 1. The molecule has 0 spiro atoms. The number of ether oxygens (including phenoxy) is 1. The fraction of sp³-hybridized carbons (Fsp3) is 0.222. The Bertz CT molecular complexity index is 1040. The number of anilines is 2. The number of carbonyl (C=O) groups excluding carboxylic acids is 3. The Balaban J connectivity index is 1.62. The van der Waals surface area contributed by atoms with Crippen LogP contribution in [0.5, 0.6) is 0 Å². The summed E-state index contributed by atoms with van der Waals surface area (Å²) < 4.78 is 6.56. The number of rotatable bonds is 5. The molecule has 3 rings (SSSR count). The van der Waals surface area contributed by atoms with Crippen LogP contribution in [-0.2, 0) is 14.3 Å². The predicted molar refractivity (Wildman–Crippen MR) is 99.8 cm³/mol. The molecule has 0 aliphatic rings. The zero-order valence-corrected chi connectivity index (χ0v) is 15.5. The molecule has 0 radical (unpaired) electrons. The number of nitrogens with zero attached hydrogens (tertiary/aromatic N) is 4. The predicted octanol–water partition coefficient (Wildman–Crippen LogP) is 1.58. The summed E-state index contributed by atoms with van der Waals surface area (Å²) in [6, 6.07) is 8.25. The first-order chi connectivity index (χ1) is 13.3. The first-order valence-corrected chi connectivity index (χ1v) is 8.41. The number of carbonyl (C=O) groups is 3. The van der Waals surface area contributed by atoms with Crippen LogP contribution in [0, 0.1) is 6.92 Å². The Kier molecular flexibility index (Phi) is 5.30. The molecule has 2 aromatic heterocycles. The van der Waals surface area contributed by atoms with Crippen LogP contribution in [0.3, 0.4) is 0 Å². The normalized spacial score (nSPS) is 11.7. The second-order valence-electron chi connectivity index (χ2n) is 6.03. The Hall–Kier alpha value is -3.82. The number of amides is 2. The van der Waals surface area contributed by atoms with Gasteiger partial charge in [0, 0.05) is 30.2 Å². The maximum absolute atomic E-state index is 12.3. The van der Waals surface area contributed by atoms with Crippen LogP contribution in [-0.4, -0.2) is 43.5 Å². The summed E-state index contributed by atoms with van der Waals surface area (Å²) in [5.74, 6) is -1.44. The van der Waals surface area contributed by atoms with Crippen molar-refractivity contribution in [2.75, 3.05) is 10.6 Å². The van der Waals surface area contributed by atoms with E-state index in [2.05, 4.69) is 25.7 Å². The maximum atomic E-state index is 12.3. The minimum atomic E-state index is -1.07. The topological polar surface area (TPSA) is 128 Å². The van der Waals surface area contributed by atoms with Crippen molar-refractivity contribution in [3.05, 3.63) is 48.0 Å². The van der Waals surface area contributed by atoms with Gasteiger partial charge in [-0.1, -0.05) is 0 Å². The Morgan fingerprint density at radius 3 is 2.32 bits per heavy atom. The lowest BCUT2D eigenvalue weighted by Crippen LogP contribution is -2.30. The Labute approximate surface area is 159 Å². The fourth-order valence-electron chi connectivity index (χ4n) is 2.34. The van der Waals surface area contributed by atoms with E-state index in [1.165, 1.54) is 18.4 Å². The van der Waals surface area contributed by atoms with Gasteiger partial charge in [0.05, 0.1) is 0 Å². The number of aromatic nitrogens is 4. The van der Waals surface area contributed by atoms with Gasteiger partial charge in [0.15, 0.2) is 6.10 Å². The lowest BCUT2D eigenvalue weighted by atomic mass is 10.2. The molecular weight excluding hydrogens is 364 g/mol. The molecule has 0 unspecified atom stereocenters. The number of aryl methyl sites for hydroxylation is 1. The molecule has 10 heteroatoms. The lowest BCUT2D eigenvalue weighted by Gasteiger charge is -2.12. The summed E-state index contributed by atoms with van der Waals surface area (Å²) in [6.45, 7) is 4.64. The van der Waals surface area contributed by atoms with Crippen LogP contribution in [0.15, 0.2) is 36.5 Å². The molecule has 0 aliphatic carbocycles. The molecule has 28 heavy (non-hydrogen) atoms. The summed E-state index contributed by atoms with van der Waals surface area (Å²) in [5.41, 5.74) is 1.85. The Morgan fingerprint density at radius 2 is 1.71 bits per heavy atom. The van der Waals surface area contributed by atoms with E-state index in [1.807, 2.05) is 0 Å². The molecule has 0 fully saturated rings. The third-order valence-corrected chi connectivity index (χ3v) is 3.74. The van der Waals surface area contributed by atoms with E-state index in [-0.39, 0.29) is 17.5 Å². The molecule has 1 aromatic carbocycles. The standard InChI is InChI=1S/C18H18N6O4/c1-10-8-9-19-18-22-15(23-24(10)18)17(27)28-11(2)16(26)21-14-6-4-13(5-7-14)20-12(3)25/h4-9,11H,1-3H3,(H,20,25)(H,21,26)/t11-/m0/s1. The monoisotopic (exact) mass is 382 g/mol. The summed E-state index contributed by atoms with van der Waals surface area (Å²) in [7, 11) is 0. The van der Waals surface area contributed by atoms with Crippen molar-refractivity contribution < 1.29 is 19.1 Å². The number of fused-ring (bicyclic) bond motifs is 1. The first kappa shape index (κ1) is 19.0. The van der Waals surface area contributed by atoms with Gasteiger partial charge in [-0.15, -0.1) is 5.10 Å². The number of hydrogen-bond donors (Lipinski definition) is 2. The molecule has 1 atom stereocenters. The maximum Gasteiger partial charge on any atom is 0.379 e. The minimum Gasteiger partial charge on any atom is -0.447 e. The van der Waals surface area contributed by atoms with Gasteiger partial charge in [-0.2, -0.15) is 4.98 Å². The van der Waals surface area contributed by atoms with Crippen molar-refractivity contribution in [1.29, 1.82) is 0 Å². The van der Waals surface area contributed by atoms with E-state index >= 15 is 0 Å². The molecular formula is C18H18N6O4. The molecule has 10 nitrogen and oxygen atoms in total. The molecule has 2 N–H and O–H groups in total. The van der Waals surface area contributed by atoms with E-state index in [4.69, 9.17) is 4.74 Å². The van der Waals surface area contributed by atoms with Gasteiger partial charge in [-0.25, -0.2) is 14.3 Å². The third kappa shape index (κ3) is 4.29. The van der Waals surface area contributed by atoms with Gasteiger partial charge in [0.25, 0.3) is 17.5 Å². The molecule has 0 saturated carbocycles. The van der Waals surface area contributed by atoms with Crippen molar-refractivity contribution in [3.63, 3.8) is 0 Å². The van der Waals surface area contributed by atoms with E-state index in [1.54, 1.807) is 43.5 Å². The van der Waals surface area contributed by atoms with E-state index in [0.717, 1.165) is 5.69 Å². The van der Waals surface area contributed by atoms with E-state index in [9.17, 15) is 14.4 Å². The van der Waals surface area contributed by atoms with Crippen molar-refractivity contribution in [2.45, 2.75) is 26.9 Å². The molecule has 144 valence electrons. The quantitative estimate of drug-likeness (QED) is 0.641.